The van der Waals surface area contributed by atoms with E-state index >= 15 is 0 Å². The summed E-state index contributed by atoms with van der Waals surface area (Å²) in [4.78, 5) is 12.0. The molecule has 0 aliphatic heterocycles. The summed E-state index contributed by atoms with van der Waals surface area (Å²) in [5.74, 6) is -0.182. The predicted octanol–water partition coefficient (Wildman–Crippen LogP) is 4.08. The molecule has 0 saturated carbocycles. The number of allylic oxidation sites excluding steroid dienone is 2. The van der Waals surface area contributed by atoms with Crippen LogP contribution in [0.15, 0.2) is 35.6 Å². The first-order chi connectivity index (χ1) is 8.40. The second-order valence-electron chi connectivity index (χ2n) is 5.47. The van der Waals surface area contributed by atoms with Crippen molar-refractivity contribution in [2.75, 3.05) is 0 Å². The highest BCUT2D eigenvalue weighted by molar-refractivity contribution is 6.30. The van der Waals surface area contributed by atoms with Gasteiger partial charge in [0, 0.05) is 10.4 Å². The second-order valence-corrected chi connectivity index (χ2v) is 5.90. The van der Waals surface area contributed by atoms with Crippen molar-refractivity contribution in [1.82, 2.24) is 0 Å². The first-order valence-electron chi connectivity index (χ1n) is 6.10. The lowest BCUT2D eigenvalue weighted by Gasteiger charge is -2.29. The maximum Gasteiger partial charge on any atom is 0.202 e. The van der Waals surface area contributed by atoms with E-state index in [1.54, 1.807) is 0 Å². The zero-order valence-electron chi connectivity index (χ0n) is 10.7. The molecule has 1 aliphatic rings. The number of aliphatic hydroxyl groups excluding tert-OH is 1. The molecule has 0 spiro atoms. The van der Waals surface area contributed by atoms with Gasteiger partial charge in [-0.3, -0.25) is 4.79 Å². The van der Waals surface area contributed by atoms with E-state index in [1.807, 2.05) is 38.1 Å². The fraction of sp³-hybridized carbons (Fsp3) is 0.400. The molecule has 18 heavy (non-hydrogen) atoms. The Labute approximate surface area is 112 Å². The van der Waals surface area contributed by atoms with E-state index in [0.717, 1.165) is 24.0 Å². The summed E-state index contributed by atoms with van der Waals surface area (Å²) in [6, 6.07) is 7.49. The highest BCUT2D eigenvalue weighted by atomic mass is 35.5. The molecule has 2 rings (SSSR count). The predicted molar refractivity (Wildman–Crippen MR) is 72.8 cm³/mol. The summed E-state index contributed by atoms with van der Waals surface area (Å²) in [5, 5.41) is 10.7. The number of ketones is 1. The fourth-order valence-electron chi connectivity index (χ4n) is 2.20. The average molecular weight is 265 g/mol. The summed E-state index contributed by atoms with van der Waals surface area (Å²) in [7, 11) is 0. The van der Waals surface area contributed by atoms with Crippen LogP contribution in [0.3, 0.4) is 0 Å². The maximum absolute atomic E-state index is 12.0. The fourth-order valence-corrected chi connectivity index (χ4v) is 2.32. The molecule has 96 valence electrons. The number of rotatable bonds is 2. The van der Waals surface area contributed by atoms with Crippen molar-refractivity contribution in [3.05, 3.63) is 46.2 Å². The van der Waals surface area contributed by atoms with E-state index in [4.69, 9.17) is 11.6 Å². The summed E-state index contributed by atoms with van der Waals surface area (Å²) < 4.78 is 0. The molecule has 3 heteroatoms. The molecule has 0 heterocycles. The van der Waals surface area contributed by atoms with Crippen molar-refractivity contribution >= 4 is 17.4 Å². The average Bonchev–Trinajstić information content (AvgIpc) is 2.33. The van der Waals surface area contributed by atoms with E-state index in [2.05, 4.69) is 0 Å². The van der Waals surface area contributed by atoms with Crippen molar-refractivity contribution in [1.29, 1.82) is 0 Å². The molecule has 0 saturated heterocycles. The van der Waals surface area contributed by atoms with Gasteiger partial charge >= 0.3 is 0 Å². The quantitative estimate of drug-likeness (QED) is 0.874. The number of benzene rings is 1. The van der Waals surface area contributed by atoms with E-state index in [9.17, 15) is 9.90 Å². The van der Waals surface area contributed by atoms with Crippen LogP contribution in [0.2, 0.25) is 5.02 Å². The number of hydrogen-bond acceptors (Lipinski definition) is 2. The molecule has 0 unspecified atom stereocenters. The van der Waals surface area contributed by atoms with Crippen LogP contribution in [0, 0.1) is 5.41 Å². The second kappa shape index (κ2) is 4.77. The van der Waals surface area contributed by atoms with Crippen molar-refractivity contribution < 1.29 is 9.90 Å². The van der Waals surface area contributed by atoms with E-state index in [0.29, 0.717) is 11.4 Å². The van der Waals surface area contributed by atoms with Gasteiger partial charge in [0.15, 0.2) is 5.76 Å². The topological polar surface area (TPSA) is 37.3 Å². The first kappa shape index (κ1) is 13.2. The summed E-state index contributed by atoms with van der Waals surface area (Å²) in [5.41, 5.74) is 1.46. The van der Waals surface area contributed by atoms with Gasteiger partial charge < -0.3 is 5.11 Å². The molecule has 0 bridgehead atoms. The van der Waals surface area contributed by atoms with Gasteiger partial charge in [-0.25, -0.2) is 0 Å². The molecule has 0 amide bonds. The Morgan fingerprint density at radius 1 is 1.28 bits per heavy atom. The monoisotopic (exact) mass is 264 g/mol. The number of aliphatic hydroxyl groups is 1. The van der Waals surface area contributed by atoms with Crippen LogP contribution in [-0.4, -0.2) is 10.9 Å². The zero-order valence-corrected chi connectivity index (χ0v) is 11.4. The highest BCUT2D eigenvalue weighted by Gasteiger charge is 2.35. The normalized spacial score (nSPS) is 19.2. The van der Waals surface area contributed by atoms with Gasteiger partial charge in [-0.15, -0.1) is 0 Å². The Bertz CT molecular complexity index is 498. The SMILES string of the molecule is CC1(C)CCC(Cc2ccc(Cl)cc2)=C(O)C1=O. The minimum absolute atomic E-state index is 0.0406. The van der Waals surface area contributed by atoms with Crippen molar-refractivity contribution in [3.8, 4) is 0 Å². The van der Waals surface area contributed by atoms with E-state index in [-0.39, 0.29) is 11.5 Å². The van der Waals surface area contributed by atoms with Gasteiger partial charge in [0.1, 0.15) is 0 Å². The van der Waals surface area contributed by atoms with Gasteiger partial charge in [0.05, 0.1) is 0 Å². The zero-order chi connectivity index (χ0) is 13.3. The molecular formula is C15H17ClO2. The Balaban J connectivity index is 2.22. The Hall–Kier alpha value is -1.28. The molecule has 0 radical (unpaired) electrons. The van der Waals surface area contributed by atoms with Gasteiger partial charge in [-0.05, 0) is 42.5 Å². The Morgan fingerprint density at radius 2 is 1.89 bits per heavy atom. The van der Waals surface area contributed by atoms with Crippen LogP contribution >= 0.6 is 11.6 Å². The lowest BCUT2D eigenvalue weighted by Crippen LogP contribution is -2.30. The first-order valence-corrected chi connectivity index (χ1v) is 6.48. The molecule has 0 atom stereocenters. The molecular weight excluding hydrogens is 248 g/mol. The molecule has 0 fully saturated rings. The van der Waals surface area contributed by atoms with E-state index < -0.39 is 5.41 Å². The van der Waals surface area contributed by atoms with Crippen LogP contribution in [0.1, 0.15) is 32.3 Å². The van der Waals surface area contributed by atoms with Crippen LogP contribution in [0.5, 0.6) is 0 Å². The highest BCUT2D eigenvalue weighted by Crippen LogP contribution is 2.35. The number of carbonyl (C=O) groups excluding carboxylic acids is 1. The number of carbonyl (C=O) groups is 1. The van der Waals surface area contributed by atoms with Crippen molar-refractivity contribution in [3.63, 3.8) is 0 Å². The maximum atomic E-state index is 12.0. The van der Waals surface area contributed by atoms with Gasteiger partial charge in [-0.1, -0.05) is 37.6 Å². The third-order valence-corrected chi connectivity index (χ3v) is 3.80. The third-order valence-electron chi connectivity index (χ3n) is 3.55. The molecule has 1 aromatic rings. The molecule has 0 aromatic heterocycles. The van der Waals surface area contributed by atoms with Gasteiger partial charge in [0.2, 0.25) is 5.78 Å². The standard InChI is InChI=1S/C15H17ClO2/c1-15(2)8-7-11(13(17)14(15)18)9-10-3-5-12(16)6-4-10/h3-6,17H,7-9H2,1-2H3. The van der Waals surface area contributed by atoms with Crippen LogP contribution in [0.4, 0.5) is 0 Å². The summed E-state index contributed by atoms with van der Waals surface area (Å²) in [6.45, 7) is 3.76. The minimum atomic E-state index is -0.437. The summed E-state index contributed by atoms with van der Waals surface area (Å²) >= 11 is 5.83. The smallest absolute Gasteiger partial charge is 0.202 e. The minimum Gasteiger partial charge on any atom is -0.504 e. The van der Waals surface area contributed by atoms with E-state index in [1.165, 1.54) is 0 Å². The molecule has 1 aromatic carbocycles. The number of Topliss-reactive ketones (excluding diaryl/α,β-unsaturated/α-hetero) is 1. The number of hydrogen-bond donors (Lipinski definition) is 1. The van der Waals surface area contributed by atoms with Crippen LogP contribution in [0.25, 0.3) is 0 Å². The lowest BCUT2D eigenvalue weighted by atomic mass is 9.75. The largest absolute Gasteiger partial charge is 0.504 e. The molecule has 1 N–H and O–H groups in total. The Kier molecular flexibility index (Phi) is 3.49. The third kappa shape index (κ3) is 2.59. The van der Waals surface area contributed by atoms with Gasteiger partial charge in [-0.2, -0.15) is 0 Å². The van der Waals surface area contributed by atoms with Crippen LogP contribution in [-0.2, 0) is 11.2 Å². The van der Waals surface area contributed by atoms with Gasteiger partial charge in [0.25, 0.3) is 0 Å². The van der Waals surface area contributed by atoms with Crippen molar-refractivity contribution in [2.24, 2.45) is 5.41 Å². The van der Waals surface area contributed by atoms with Crippen molar-refractivity contribution in [2.45, 2.75) is 33.1 Å². The summed E-state index contributed by atoms with van der Waals surface area (Å²) in [6.07, 6.45) is 2.18. The molecule has 2 nitrogen and oxygen atoms in total. The molecule has 1 aliphatic carbocycles. The lowest BCUT2D eigenvalue weighted by molar-refractivity contribution is -0.127. The van der Waals surface area contributed by atoms with Crippen LogP contribution < -0.4 is 0 Å². The Morgan fingerprint density at radius 3 is 2.50 bits per heavy atom. The number of halogens is 1.